The molecule has 200 valence electrons. The lowest BCUT2D eigenvalue weighted by Gasteiger charge is -2.38. The lowest BCUT2D eigenvalue weighted by atomic mass is 9.81. The number of rotatable bonds is 7. The summed E-state index contributed by atoms with van der Waals surface area (Å²) in [5, 5.41) is 14.6. The monoisotopic (exact) mass is 526 g/mol. The summed E-state index contributed by atoms with van der Waals surface area (Å²) in [6.07, 6.45) is 0.0237. The molecule has 0 saturated carbocycles. The number of carbonyl (C=O) groups excluding carboxylic acids is 3. The Labute approximate surface area is 223 Å². The molecule has 1 saturated heterocycles. The first kappa shape index (κ1) is 28.7. The molecule has 6 N–H and O–H groups in total. The summed E-state index contributed by atoms with van der Waals surface area (Å²) in [6, 6.07) is 13.1. The van der Waals surface area contributed by atoms with E-state index >= 15 is 0 Å². The van der Waals surface area contributed by atoms with E-state index in [1.165, 1.54) is 16.7 Å². The largest absolute Gasteiger partial charge is 0.398 e. The van der Waals surface area contributed by atoms with Gasteiger partial charge in [0.25, 0.3) is 5.91 Å². The Morgan fingerprint density at radius 2 is 1.76 bits per heavy atom. The van der Waals surface area contributed by atoms with Crippen LogP contribution in [0, 0.1) is 12.8 Å². The van der Waals surface area contributed by atoms with Crippen molar-refractivity contribution in [3.63, 3.8) is 0 Å². The summed E-state index contributed by atoms with van der Waals surface area (Å²) in [5.41, 5.74) is 11.3. The third-order valence-electron chi connectivity index (χ3n) is 6.67. The standard InChI is InChI=1S/C28H38N4O4S/c1-17-19(13-10-14-21(17)29)22(33)20(15-18-11-8-7-9-12-18)28(30,36)25(35)32-16-37-27(5,6)23(32)24(34)31-26(2,3)4/h7-14,20,23,36H,15-16,29-30H2,1-6H3,(H,31,34)/t20-,23-,28+/m1/s1. The average Bonchev–Trinajstić information content (AvgIpc) is 3.12. The van der Waals surface area contributed by atoms with Crippen molar-refractivity contribution in [3.8, 4) is 0 Å². The van der Waals surface area contributed by atoms with Crippen LogP contribution in [0.2, 0.25) is 0 Å². The van der Waals surface area contributed by atoms with Crippen LogP contribution in [-0.2, 0) is 16.0 Å². The van der Waals surface area contributed by atoms with Crippen LogP contribution in [0.5, 0.6) is 0 Å². The van der Waals surface area contributed by atoms with Gasteiger partial charge in [0.05, 0.1) is 11.8 Å². The van der Waals surface area contributed by atoms with Crippen molar-refractivity contribution in [2.75, 3.05) is 11.6 Å². The molecule has 2 aromatic carbocycles. The highest BCUT2D eigenvalue weighted by atomic mass is 32.2. The minimum Gasteiger partial charge on any atom is -0.398 e. The van der Waals surface area contributed by atoms with Crippen molar-refractivity contribution in [2.45, 2.75) is 70.0 Å². The van der Waals surface area contributed by atoms with E-state index in [1.807, 2.05) is 52.8 Å². The third kappa shape index (κ3) is 6.17. The van der Waals surface area contributed by atoms with E-state index in [-0.39, 0.29) is 23.8 Å². The van der Waals surface area contributed by atoms with Crippen LogP contribution in [0.1, 0.15) is 56.1 Å². The number of aliphatic hydroxyl groups is 1. The lowest BCUT2D eigenvalue weighted by Crippen LogP contribution is -2.66. The Balaban J connectivity index is 2.04. The Morgan fingerprint density at radius 1 is 1.14 bits per heavy atom. The van der Waals surface area contributed by atoms with Crippen molar-refractivity contribution >= 4 is 35.0 Å². The third-order valence-corrected chi connectivity index (χ3v) is 8.04. The quantitative estimate of drug-likeness (QED) is 0.247. The van der Waals surface area contributed by atoms with Crippen molar-refractivity contribution in [2.24, 2.45) is 11.7 Å². The number of thioether (sulfide) groups is 1. The molecule has 0 aromatic heterocycles. The number of amides is 2. The molecular formula is C28H38N4O4S. The summed E-state index contributed by atoms with van der Waals surface area (Å²) >= 11 is 1.42. The van der Waals surface area contributed by atoms with Crippen molar-refractivity contribution < 1.29 is 19.5 Å². The molecule has 0 unspecified atom stereocenters. The molecule has 1 aliphatic rings. The van der Waals surface area contributed by atoms with E-state index in [1.54, 1.807) is 37.3 Å². The number of hydrogen-bond acceptors (Lipinski definition) is 7. The van der Waals surface area contributed by atoms with E-state index in [0.29, 0.717) is 11.3 Å². The zero-order chi connectivity index (χ0) is 27.8. The maximum atomic E-state index is 13.9. The molecule has 9 heteroatoms. The fraction of sp³-hybridized carbons (Fsp3) is 0.464. The summed E-state index contributed by atoms with van der Waals surface area (Å²) in [6.45, 7) is 11.0. The fourth-order valence-electron chi connectivity index (χ4n) is 4.62. The van der Waals surface area contributed by atoms with Crippen molar-refractivity contribution in [3.05, 3.63) is 65.2 Å². The first-order valence-electron chi connectivity index (χ1n) is 12.3. The molecule has 0 radical (unpaired) electrons. The average molecular weight is 527 g/mol. The van der Waals surface area contributed by atoms with Gasteiger partial charge in [0.2, 0.25) is 11.6 Å². The molecule has 37 heavy (non-hydrogen) atoms. The molecule has 2 aromatic rings. The summed E-state index contributed by atoms with van der Waals surface area (Å²) in [7, 11) is 0. The minimum absolute atomic E-state index is 0.0237. The van der Waals surface area contributed by atoms with Crippen LogP contribution in [0.3, 0.4) is 0 Å². The number of anilines is 1. The predicted octanol–water partition coefficient (Wildman–Crippen LogP) is 2.86. The van der Waals surface area contributed by atoms with Crippen LogP contribution in [0.4, 0.5) is 5.69 Å². The zero-order valence-corrected chi connectivity index (χ0v) is 23.2. The van der Waals surface area contributed by atoms with Crippen LogP contribution < -0.4 is 16.8 Å². The summed E-state index contributed by atoms with van der Waals surface area (Å²) < 4.78 is -0.634. The number of benzene rings is 2. The molecule has 1 heterocycles. The zero-order valence-electron chi connectivity index (χ0n) is 22.4. The topological polar surface area (TPSA) is 139 Å². The van der Waals surface area contributed by atoms with Gasteiger partial charge in [-0.05, 0) is 65.2 Å². The Morgan fingerprint density at radius 3 is 2.35 bits per heavy atom. The number of Topliss-reactive ketones (excluding diaryl/α,β-unsaturated/α-hetero) is 1. The lowest BCUT2D eigenvalue weighted by molar-refractivity contribution is -0.159. The van der Waals surface area contributed by atoms with Crippen LogP contribution in [0.15, 0.2) is 48.5 Å². The maximum Gasteiger partial charge on any atom is 0.271 e. The molecule has 0 spiro atoms. The second-order valence-electron chi connectivity index (χ2n) is 11.2. The number of ketones is 1. The normalized spacial score (nSPS) is 19.7. The summed E-state index contributed by atoms with van der Waals surface area (Å²) in [5.74, 6) is -2.87. The van der Waals surface area contributed by atoms with Crippen molar-refractivity contribution in [1.29, 1.82) is 0 Å². The Hall–Kier alpha value is -2.88. The van der Waals surface area contributed by atoms with E-state index in [4.69, 9.17) is 11.5 Å². The maximum absolute atomic E-state index is 13.9. The fourth-order valence-corrected chi connectivity index (χ4v) is 5.75. The summed E-state index contributed by atoms with van der Waals surface area (Å²) in [4.78, 5) is 42.4. The first-order valence-corrected chi connectivity index (χ1v) is 13.3. The molecule has 8 nitrogen and oxygen atoms in total. The van der Waals surface area contributed by atoms with Crippen LogP contribution >= 0.6 is 11.8 Å². The number of nitrogens with two attached hydrogens (primary N) is 2. The van der Waals surface area contributed by atoms with Gasteiger partial charge in [0, 0.05) is 21.5 Å². The van der Waals surface area contributed by atoms with Gasteiger partial charge in [-0.25, -0.2) is 0 Å². The van der Waals surface area contributed by atoms with Gasteiger partial charge in [-0.1, -0.05) is 42.5 Å². The highest BCUT2D eigenvalue weighted by molar-refractivity contribution is 8.00. The van der Waals surface area contributed by atoms with E-state index in [9.17, 15) is 19.5 Å². The van der Waals surface area contributed by atoms with E-state index in [0.717, 1.165) is 5.56 Å². The van der Waals surface area contributed by atoms with Gasteiger partial charge in [-0.15, -0.1) is 11.8 Å². The highest BCUT2D eigenvalue weighted by Gasteiger charge is 2.55. The van der Waals surface area contributed by atoms with Gasteiger partial charge in [-0.3, -0.25) is 20.1 Å². The molecule has 1 aliphatic heterocycles. The first-order chi connectivity index (χ1) is 17.1. The van der Waals surface area contributed by atoms with Crippen LogP contribution in [0.25, 0.3) is 0 Å². The number of nitrogens with zero attached hydrogens (tertiary/aromatic N) is 1. The SMILES string of the molecule is Cc1c(N)cccc1C(=O)[C@@H](Cc1ccccc1)[C@](N)(O)C(=O)N1CSC(C)(C)[C@H]1C(=O)NC(C)(C)C. The Kier molecular flexibility index (Phi) is 8.12. The van der Waals surface area contributed by atoms with Gasteiger partial charge in [0.15, 0.2) is 5.78 Å². The molecule has 0 aliphatic carbocycles. The molecule has 2 amide bonds. The number of carbonyl (C=O) groups is 3. The minimum atomic E-state index is -2.58. The smallest absolute Gasteiger partial charge is 0.271 e. The van der Waals surface area contributed by atoms with Gasteiger partial charge >= 0.3 is 0 Å². The number of nitrogens with one attached hydrogen (secondary N) is 1. The number of hydrogen-bond donors (Lipinski definition) is 4. The second-order valence-corrected chi connectivity index (χ2v) is 12.8. The Bertz CT molecular complexity index is 1170. The predicted molar refractivity (Wildman–Crippen MR) is 148 cm³/mol. The molecule has 3 atom stereocenters. The molecular weight excluding hydrogens is 488 g/mol. The number of nitrogen functional groups attached to an aromatic ring is 1. The van der Waals surface area contributed by atoms with E-state index < -0.39 is 39.7 Å². The van der Waals surface area contributed by atoms with Gasteiger partial charge in [-0.2, -0.15) is 0 Å². The van der Waals surface area contributed by atoms with Crippen LogP contribution in [-0.4, -0.2) is 55.5 Å². The molecule has 3 rings (SSSR count). The highest BCUT2D eigenvalue weighted by Crippen LogP contribution is 2.41. The van der Waals surface area contributed by atoms with Crippen molar-refractivity contribution in [1.82, 2.24) is 10.2 Å². The molecule has 1 fully saturated rings. The molecule has 0 bridgehead atoms. The van der Waals surface area contributed by atoms with Gasteiger partial charge < -0.3 is 21.1 Å². The van der Waals surface area contributed by atoms with Gasteiger partial charge in [0.1, 0.15) is 6.04 Å². The second kappa shape index (κ2) is 10.5. The van der Waals surface area contributed by atoms with E-state index in [2.05, 4.69) is 5.32 Å².